The number of carbonyl (C=O) groups excluding carboxylic acids is 2. The van der Waals surface area contributed by atoms with Gasteiger partial charge in [0.2, 0.25) is 5.91 Å². The maximum absolute atomic E-state index is 12.3. The Morgan fingerprint density at radius 1 is 1.36 bits per heavy atom. The minimum Gasteiger partial charge on any atom is -0.468 e. The van der Waals surface area contributed by atoms with Gasteiger partial charge in [-0.15, -0.1) is 0 Å². The fourth-order valence-electron chi connectivity index (χ4n) is 4.82. The van der Waals surface area contributed by atoms with E-state index in [4.69, 9.17) is 4.74 Å². The summed E-state index contributed by atoms with van der Waals surface area (Å²) >= 11 is 0. The number of nitrogens with zero attached hydrogens (tertiary/aromatic N) is 1. The lowest BCUT2D eigenvalue weighted by Crippen LogP contribution is -2.50. The first-order valence-electron chi connectivity index (χ1n) is 9.55. The monoisotopic (exact) mass is 348 g/mol. The van der Waals surface area contributed by atoms with E-state index in [1.54, 1.807) is 0 Å². The Morgan fingerprint density at radius 3 is 2.64 bits per heavy atom. The molecule has 25 heavy (non-hydrogen) atoms. The summed E-state index contributed by atoms with van der Waals surface area (Å²) in [6, 6.07) is -0.241. The number of rotatable bonds is 5. The SMILES string of the molecule is COC(=O)[C@@H]1C[C@@H](NC(=O)C(C)C)CN1CC1=CC[C@H]2C[C@@H]1C2(C)C. The van der Waals surface area contributed by atoms with Crippen LogP contribution in [0.4, 0.5) is 0 Å². The van der Waals surface area contributed by atoms with Crippen molar-refractivity contribution in [3.8, 4) is 0 Å². The van der Waals surface area contributed by atoms with Crippen LogP contribution in [-0.2, 0) is 14.3 Å². The van der Waals surface area contributed by atoms with Gasteiger partial charge in [0.05, 0.1) is 7.11 Å². The van der Waals surface area contributed by atoms with Gasteiger partial charge in [0, 0.05) is 25.0 Å². The Balaban J connectivity index is 1.69. The number of fused-ring (bicyclic) bond motifs is 1. The van der Waals surface area contributed by atoms with Gasteiger partial charge in [-0.2, -0.15) is 0 Å². The van der Waals surface area contributed by atoms with Crippen molar-refractivity contribution in [2.45, 2.75) is 59.0 Å². The van der Waals surface area contributed by atoms with Crippen LogP contribution in [0.2, 0.25) is 0 Å². The van der Waals surface area contributed by atoms with E-state index in [2.05, 4.69) is 30.1 Å². The maximum Gasteiger partial charge on any atom is 0.323 e. The number of nitrogens with one attached hydrogen (secondary N) is 1. The second-order valence-electron chi connectivity index (χ2n) is 8.89. The van der Waals surface area contributed by atoms with Crippen LogP contribution in [-0.4, -0.2) is 49.1 Å². The Kier molecular flexibility index (Phi) is 4.97. The van der Waals surface area contributed by atoms with E-state index in [-0.39, 0.29) is 29.9 Å². The number of hydrogen-bond donors (Lipinski definition) is 1. The topological polar surface area (TPSA) is 58.6 Å². The van der Waals surface area contributed by atoms with E-state index < -0.39 is 0 Å². The molecule has 4 rings (SSSR count). The van der Waals surface area contributed by atoms with Crippen LogP contribution in [0.5, 0.6) is 0 Å². The molecular weight excluding hydrogens is 316 g/mol. The summed E-state index contributed by atoms with van der Waals surface area (Å²) in [6.45, 7) is 10.0. The second kappa shape index (κ2) is 6.75. The van der Waals surface area contributed by atoms with Crippen LogP contribution in [0, 0.1) is 23.2 Å². The molecule has 140 valence electrons. The molecular formula is C20H32N2O3. The Bertz CT molecular complexity index is 581. The number of allylic oxidation sites excluding steroid dienone is 1. The molecule has 1 N–H and O–H groups in total. The van der Waals surface area contributed by atoms with Crippen molar-refractivity contribution in [3.63, 3.8) is 0 Å². The Labute approximate surface area is 151 Å². The molecule has 1 amide bonds. The smallest absolute Gasteiger partial charge is 0.323 e. The summed E-state index contributed by atoms with van der Waals surface area (Å²) in [6.07, 6.45) is 5.46. The third-order valence-electron chi connectivity index (χ3n) is 6.72. The van der Waals surface area contributed by atoms with Crippen molar-refractivity contribution in [3.05, 3.63) is 11.6 Å². The van der Waals surface area contributed by atoms with E-state index in [9.17, 15) is 9.59 Å². The highest BCUT2D eigenvalue weighted by molar-refractivity contribution is 5.79. The van der Waals surface area contributed by atoms with Gasteiger partial charge in [0.1, 0.15) is 6.04 Å². The number of likely N-dealkylation sites (tertiary alicyclic amines) is 1. The molecule has 1 heterocycles. The lowest BCUT2D eigenvalue weighted by atomic mass is 9.49. The first-order valence-corrected chi connectivity index (χ1v) is 9.55. The molecule has 2 fully saturated rings. The number of ether oxygens (including phenoxy) is 1. The van der Waals surface area contributed by atoms with Crippen molar-refractivity contribution in [2.75, 3.05) is 20.2 Å². The lowest BCUT2D eigenvalue weighted by molar-refractivity contribution is -0.145. The van der Waals surface area contributed by atoms with Crippen molar-refractivity contribution < 1.29 is 14.3 Å². The maximum atomic E-state index is 12.3. The summed E-state index contributed by atoms with van der Waals surface area (Å²) in [5, 5.41) is 3.08. The summed E-state index contributed by atoms with van der Waals surface area (Å²) in [7, 11) is 1.44. The van der Waals surface area contributed by atoms with E-state index >= 15 is 0 Å². The number of esters is 1. The summed E-state index contributed by atoms with van der Waals surface area (Å²) in [5.41, 5.74) is 1.85. The third-order valence-corrected chi connectivity index (χ3v) is 6.72. The number of carbonyl (C=O) groups is 2. The minimum absolute atomic E-state index is 0.0188. The summed E-state index contributed by atoms with van der Waals surface area (Å²) < 4.78 is 5.02. The van der Waals surface area contributed by atoms with Gasteiger partial charge in [-0.3, -0.25) is 14.5 Å². The molecule has 0 aromatic heterocycles. The van der Waals surface area contributed by atoms with Crippen LogP contribution in [0.15, 0.2) is 11.6 Å². The summed E-state index contributed by atoms with van der Waals surface area (Å²) in [4.78, 5) is 26.5. The highest BCUT2D eigenvalue weighted by Gasteiger charge is 2.52. The van der Waals surface area contributed by atoms with Gasteiger partial charge in [-0.1, -0.05) is 39.3 Å². The standard InChI is InChI=1S/C20H32N2O3/c1-12(2)18(23)21-15-9-17(19(24)25-5)22(11-15)10-13-6-7-14-8-16(13)20(14,3)4/h6,12,14-17H,7-11H2,1-5H3,(H,21,23)/t14-,15+,16-,17-/m0/s1. The van der Waals surface area contributed by atoms with Gasteiger partial charge >= 0.3 is 5.97 Å². The quantitative estimate of drug-likeness (QED) is 0.612. The molecule has 5 heteroatoms. The molecule has 4 atom stereocenters. The van der Waals surface area contributed by atoms with E-state index in [1.165, 1.54) is 19.1 Å². The molecule has 0 spiro atoms. The number of methoxy groups -OCH3 is 1. The minimum atomic E-state index is -0.260. The first kappa shape index (κ1) is 18.4. The highest BCUT2D eigenvalue weighted by Crippen LogP contribution is 2.59. The van der Waals surface area contributed by atoms with Gasteiger partial charge in [0.15, 0.2) is 0 Å². The normalized spacial score (nSPS) is 33.6. The predicted molar refractivity (Wildman–Crippen MR) is 96.8 cm³/mol. The molecule has 0 radical (unpaired) electrons. The fourth-order valence-corrected chi connectivity index (χ4v) is 4.82. The number of amides is 1. The van der Waals surface area contributed by atoms with Gasteiger partial charge in [-0.05, 0) is 36.5 Å². The summed E-state index contributed by atoms with van der Waals surface area (Å²) in [5.74, 6) is 1.27. The van der Waals surface area contributed by atoms with Gasteiger partial charge in [0.25, 0.3) is 0 Å². The van der Waals surface area contributed by atoms with Gasteiger partial charge in [-0.25, -0.2) is 0 Å². The van der Waals surface area contributed by atoms with Crippen LogP contribution < -0.4 is 5.32 Å². The molecule has 1 aliphatic heterocycles. The average molecular weight is 348 g/mol. The van der Waals surface area contributed by atoms with Gasteiger partial charge < -0.3 is 10.1 Å². The van der Waals surface area contributed by atoms with E-state index in [0.717, 1.165) is 18.9 Å². The largest absolute Gasteiger partial charge is 0.468 e. The van der Waals surface area contributed by atoms with Crippen LogP contribution in [0.3, 0.4) is 0 Å². The van der Waals surface area contributed by atoms with Crippen molar-refractivity contribution in [2.24, 2.45) is 23.2 Å². The first-order chi connectivity index (χ1) is 11.7. The average Bonchev–Trinajstić information content (AvgIpc) is 2.96. The molecule has 3 aliphatic carbocycles. The van der Waals surface area contributed by atoms with Crippen molar-refractivity contribution in [1.29, 1.82) is 0 Å². The fraction of sp³-hybridized carbons (Fsp3) is 0.800. The zero-order valence-corrected chi connectivity index (χ0v) is 16.2. The van der Waals surface area contributed by atoms with E-state index in [1.807, 2.05) is 13.8 Å². The zero-order valence-electron chi connectivity index (χ0n) is 16.2. The Morgan fingerprint density at radius 2 is 2.08 bits per heavy atom. The lowest BCUT2D eigenvalue weighted by Gasteiger charge is -2.57. The van der Waals surface area contributed by atoms with Crippen molar-refractivity contribution in [1.82, 2.24) is 10.2 Å². The molecule has 4 aliphatic rings. The Hall–Kier alpha value is -1.36. The molecule has 0 aromatic carbocycles. The van der Waals surface area contributed by atoms with Crippen LogP contribution >= 0.6 is 0 Å². The second-order valence-corrected chi connectivity index (χ2v) is 8.89. The highest BCUT2D eigenvalue weighted by atomic mass is 16.5. The zero-order chi connectivity index (χ0) is 18.4. The van der Waals surface area contributed by atoms with Crippen molar-refractivity contribution >= 4 is 11.9 Å². The predicted octanol–water partition coefficient (Wildman–Crippen LogP) is 2.37. The molecule has 0 aromatic rings. The van der Waals surface area contributed by atoms with E-state index in [0.29, 0.717) is 24.3 Å². The molecule has 1 saturated carbocycles. The molecule has 0 unspecified atom stereocenters. The molecule has 2 bridgehead atoms. The van der Waals surface area contributed by atoms with Crippen LogP contribution in [0.25, 0.3) is 0 Å². The third kappa shape index (κ3) is 3.35. The van der Waals surface area contributed by atoms with Crippen LogP contribution in [0.1, 0.15) is 47.0 Å². The molecule has 5 nitrogen and oxygen atoms in total. The molecule has 1 saturated heterocycles. The number of hydrogen-bond acceptors (Lipinski definition) is 4.